The van der Waals surface area contributed by atoms with Crippen molar-refractivity contribution in [2.24, 2.45) is 5.41 Å². The number of benzene rings is 1. The van der Waals surface area contributed by atoms with E-state index in [1.54, 1.807) is 11.1 Å². The molecular formula is C13H17Br. The quantitative estimate of drug-likeness (QED) is 0.697. The van der Waals surface area contributed by atoms with Crippen molar-refractivity contribution in [3.63, 3.8) is 0 Å². The summed E-state index contributed by atoms with van der Waals surface area (Å²) in [5.41, 5.74) is 3.63. The molecule has 0 saturated heterocycles. The van der Waals surface area contributed by atoms with Crippen LogP contribution in [0.3, 0.4) is 0 Å². The van der Waals surface area contributed by atoms with Gasteiger partial charge in [0.25, 0.3) is 0 Å². The standard InChI is InChI=1S/C13H17Br/c1-3-13(2)8-7-11-10(9-13)5-4-6-12(11)14/h4-6H,3,7-9H2,1-2H3. The summed E-state index contributed by atoms with van der Waals surface area (Å²) in [4.78, 5) is 0. The Kier molecular flexibility index (Phi) is 2.70. The minimum Gasteiger partial charge on any atom is -0.0649 e. The molecule has 1 aliphatic rings. The molecule has 0 amide bonds. The highest BCUT2D eigenvalue weighted by atomic mass is 79.9. The van der Waals surface area contributed by atoms with Crippen molar-refractivity contribution in [2.45, 2.75) is 39.5 Å². The first-order chi connectivity index (χ1) is 6.64. The fraction of sp³-hybridized carbons (Fsp3) is 0.538. The normalized spacial score (nSPS) is 25.9. The van der Waals surface area contributed by atoms with Gasteiger partial charge in [-0.1, -0.05) is 48.3 Å². The molecule has 0 N–H and O–H groups in total. The Morgan fingerprint density at radius 1 is 1.43 bits per heavy atom. The second-order valence-corrected chi connectivity index (χ2v) is 5.57. The van der Waals surface area contributed by atoms with Gasteiger partial charge in [-0.15, -0.1) is 0 Å². The Labute approximate surface area is 94.8 Å². The van der Waals surface area contributed by atoms with Crippen LogP contribution in [0.15, 0.2) is 22.7 Å². The minimum atomic E-state index is 0.536. The molecule has 0 aromatic heterocycles. The van der Waals surface area contributed by atoms with E-state index in [2.05, 4.69) is 48.0 Å². The van der Waals surface area contributed by atoms with Gasteiger partial charge >= 0.3 is 0 Å². The highest BCUT2D eigenvalue weighted by molar-refractivity contribution is 9.10. The average Bonchev–Trinajstić information content (AvgIpc) is 2.18. The summed E-state index contributed by atoms with van der Waals surface area (Å²) in [6, 6.07) is 6.60. The van der Waals surface area contributed by atoms with E-state index >= 15 is 0 Å². The Morgan fingerprint density at radius 2 is 2.21 bits per heavy atom. The molecule has 1 atom stereocenters. The van der Waals surface area contributed by atoms with Crippen LogP contribution in [0, 0.1) is 5.41 Å². The van der Waals surface area contributed by atoms with Crippen LogP contribution in [0.1, 0.15) is 37.8 Å². The Bertz CT molecular complexity index is 343. The molecule has 0 saturated carbocycles. The molecule has 1 aromatic rings. The average molecular weight is 253 g/mol. The van der Waals surface area contributed by atoms with Crippen molar-refractivity contribution in [1.82, 2.24) is 0 Å². The van der Waals surface area contributed by atoms with E-state index in [4.69, 9.17) is 0 Å². The molecule has 1 heteroatoms. The lowest BCUT2D eigenvalue weighted by Crippen LogP contribution is -2.25. The first kappa shape index (κ1) is 10.2. The number of hydrogen-bond acceptors (Lipinski definition) is 0. The van der Waals surface area contributed by atoms with Gasteiger partial charge in [-0.05, 0) is 41.9 Å². The largest absolute Gasteiger partial charge is 0.0649 e. The first-order valence-electron chi connectivity index (χ1n) is 5.41. The predicted molar refractivity (Wildman–Crippen MR) is 64.6 cm³/mol. The van der Waals surface area contributed by atoms with Gasteiger partial charge in [-0.25, -0.2) is 0 Å². The van der Waals surface area contributed by atoms with E-state index in [0.29, 0.717) is 5.41 Å². The number of fused-ring (bicyclic) bond motifs is 1. The zero-order chi connectivity index (χ0) is 10.2. The Balaban J connectivity index is 2.36. The van der Waals surface area contributed by atoms with Crippen LogP contribution in [-0.4, -0.2) is 0 Å². The molecule has 76 valence electrons. The third-order valence-electron chi connectivity index (χ3n) is 3.67. The number of hydrogen-bond donors (Lipinski definition) is 0. The smallest absolute Gasteiger partial charge is 0.0210 e. The number of rotatable bonds is 1. The third kappa shape index (κ3) is 1.75. The van der Waals surface area contributed by atoms with Crippen LogP contribution in [-0.2, 0) is 12.8 Å². The Hall–Kier alpha value is -0.300. The monoisotopic (exact) mass is 252 g/mol. The van der Waals surface area contributed by atoms with E-state index < -0.39 is 0 Å². The van der Waals surface area contributed by atoms with Crippen molar-refractivity contribution in [3.8, 4) is 0 Å². The molecule has 0 radical (unpaired) electrons. The molecule has 14 heavy (non-hydrogen) atoms. The maximum atomic E-state index is 3.64. The van der Waals surface area contributed by atoms with E-state index in [-0.39, 0.29) is 0 Å². The van der Waals surface area contributed by atoms with Crippen LogP contribution in [0.2, 0.25) is 0 Å². The van der Waals surface area contributed by atoms with E-state index in [1.165, 1.54) is 30.2 Å². The topological polar surface area (TPSA) is 0 Å². The maximum absolute atomic E-state index is 3.64. The molecule has 0 bridgehead atoms. The summed E-state index contributed by atoms with van der Waals surface area (Å²) < 4.78 is 1.30. The fourth-order valence-corrected chi connectivity index (χ4v) is 2.93. The zero-order valence-corrected chi connectivity index (χ0v) is 10.5. The van der Waals surface area contributed by atoms with E-state index in [1.807, 2.05) is 0 Å². The molecule has 0 fully saturated rings. The summed E-state index contributed by atoms with van der Waals surface area (Å²) in [5.74, 6) is 0. The molecule has 2 rings (SSSR count). The van der Waals surface area contributed by atoms with Gasteiger partial charge in [-0.3, -0.25) is 0 Å². The van der Waals surface area contributed by atoms with Crippen LogP contribution in [0.4, 0.5) is 0 Å². The summed E-state index contributed by atoms with van der Waals surface area (Å²) in [7, 11) is 0. The fourth-order valence-electron chi connectivity index (χ4n) is 2.33. The lowest BCUT2D eigenvalue weighted by molar-refractivity contribution is 0.267. The molecule has 1 unspecified atom stereocenters. The summed E-state index contributed by atoms with van der Waals surface area (Å²) in [6.45, 7) is 4.72. The maximum Gasteiger partial charge on any atom is 0.0210 e. The lowest BCUT2D eigenvalue weighted by Gasteiger charge is -2.34. The molecule has 0 aliphatic heterocycles. The van der Waals surface area contributed by atoms with E-state index in [0.717, 1.165) is 0 Å². The summed E-state index contributed by atoms with van der Waals surface area (Å²) in [6.07, 6.45) is 5.11. The summed E-state index contributed by atoms with van der Waals surface area (Å²) in [5, 5.41) is 0. The van der Waals surface area contributed by atoms with Crippen molar-refractivity contribution >= 4 is 15.9 Å². The van der Waals surface area contributed by atoms with Gasteiger partial charge in [-0.2, -0.15) is 0 Å². The number of halogens is 1. The first-order valence-corrected chi connectivity index (χ1v) is 6.20. The highest BCUT2D eigenvalue weighted by Crippen LogP contribution is 2.39. The van der Waals surface area contributed by atoms with Crippen LogP contribution in [0.25, 0.3) is 0 Å². The van der Waals surface area contributed by atoms with E-state index in [9.17, 15) is 0 Å². The minimum absolute atomic E-state index is 0.536. The van der Waals surface area contributed by atoms with Crippen LogP contribution < -0.4 is 0 Å². The summed E-state index contributed by atoms with van der Waals surface area (Å²) >= 11 is 3.64. The van der Waals surface area contributed by atoms with Gasteiger partial charge < -0.3 is 0 Å². The van der Waals surface area contributed by atoms with Gasteiger partial charge in [0.05, 0.1) is 0 Å². The molecule has 0 heterocycles. The lowest BCUT2D eigenvalue weighted by atomic mass is 9.71. The molecular weight excluding hydrogens is 236 g/mol. The second kappa shape index (κ2) is 3.69. The molecule has 1 aromatic carbocycles. The van der Waals surface area contributed by atoms with Gasteiger partial charge in [0.1, 0.15) is 0 Å². The molecule has 0 spiro atoms. The van der Waals surface area contributed by atoms with Gasteiger partial charge in [0, 0.05) is 4.47 Å². The molecule has 0 nitrogen and oxygen atoms in total. The van der Waals surface area contributed by atoms with Crippen molar-refractivity contribution in [2.75, 3.05) is 0 Å². The van der Waals surface area contributed by atoms with Crippen molar-refractivity contribution in [1.29, 1.82) is 0 Å². The van der Waals surface area contributed by atoms with Gasteiger partial charge in [0.2, 0.25) is 0 Å². The van der Waals surface area contributed by atoms with Crippen molar-refractivity contribution in [3.05, 3.63) is 33.8 Å². The van der Waals surface area contributed by atoms with Crippen molar-refractivity contribution < 1.29 is 0 Å². The second-order valence-electron chi connectivity index (χ2n) is 4.72. The Morgan fingerprint density at radius 3 is 2.93 bits per heavy atom. The third-order valence-corrected chi connectivity index (χ3v) is 4.41. The van der Waals surface area contributed by atoms with Gasteiger partial charge in [0.15, 0.2) is 0 Å². The zero-order valence-electron chi connectivity index (χ0n) is 8.94. The van der Waals surface area contributed by atoms with Crippen LogP contribution >= 0.6 is 15.9 Å². The van der Waals surface area contributed by atoms with Crippen LogP contribution in [0.5, 0.6) is 0 Å². The SMILES string of the molecule is CCC1(C)CCc2c(Br)cccc2C1. The predicted octanol–water partition coefficient (Wildman–Crippen LogP) is 4.35. The highest BCUT2D eigenvalue weighted by Gasteiger charge is 2.28. The molecule has 1 aliphatic carbocycles.